The normalized spacial score (nSPS) is 25.8. The van der Waals surface area contributed by atoms with Crippen molar-refractivity contribution >= 4 is 11.8 Å². The second-order valence-electron chi connectivity index (χ2n) is 6.40. The molecule has 21 heavy (non-hydrogen) atoms. The van der Waals surface area contributed by atoms with E-state index in [1.165, 1.54) is 0 Å². The third-order valence-corrected chi connectivity index (χ3v) is 4.54. The molecule has 2 amide bonds. The molecular formula is C16H29N3O2. The van der Waals surface area contributed by atoms with E-state index in [1.807, 2.05) is 9.80 Å². The molecule has 120 valence electrons. The number of rotatable bonds is 6. The number of hydrogen-bond donors (Lipinski definition) is 0. The molecule has 1 saturated carbocycles. The first-order valence-electron chi connectivity index (χ1n) is 8.34. The van der Waals surface area contributed by atoms with Crippen molar-refractivity contribution in [3.8, 4) is 0 Å². The molecule has 2 aliphatic rings. The molecule has 2 rings (SSSR count). The van der Waals surface area contributed by atoms with Gasteiger partial charge < -0.3 is 14.7 Å². The highest BCUT2D eigenvalue weighted by Crippen LogP contribution is 2.41. The molecule has 0 radical (unpaired) electrons. The molecule has 0 N–H and O–H groups in total. The average molecular weight is 295 g/mol. The van der Waals surface area contributed by atoms with Crippen LogP contribution in [0.5, 0.6) is 0 Å². The maximum absolute atomic E-state index is 12.5. The minimum absolute atomic E-state index is 0.0443. The first-order chi connectivity index (χ1) is 10.1. The molecule has 0 bridgehead atoms. The highest BCUT2D eigenvalue weighted by molar-refractivity contribution is 5.92. The Hall–Kier alpha value is -1.10. The van der Waals surface area contributed by atoms with Crippen molar-refractivity contribution in [3.63, 3.8) is 0 Å². The van der Waals surface area contributed by atoms with Gasteiger partial charge in [0.15, 0.2) is 0 Å². The van der Waals surface area contributed by atoms with Gasteiger partial charge in [-0.2, -0.15) is 0 Å². The third kappa shape index (κ3) is 3.96. The Bertz CT molecular complexity index is 372. The van der Waals surface area contributed by atoms with Crippen LogP contribution in [0.2, 0.25) is 0 Å². The number of carbonyl (C=O) groups excluding carboxylic acids is 2. The van der Waals surface area contributed by atoms with Gasteiger partial charge in [0.2, 0.25) is 11.8 Å². The fourth-order valence-electron chi connectivity index (χ4n) is 3.11. The standard InChI is InChI=1S/C16H29N3O2/c1-4-6-18(7-5-2)15(20)13-12-14(13)16(21)19-10-8-17(3)9-11-19/h13-14H,4-12H2,1-3H3. The van der Waals surface area contributed by atoms with Crippen molar-refractivity contribution in [2.75, 3.05) is 46.3 Å². The summed E-state index contributed by atoms with van der Waals surface area (Å²) in [4.78, 5) is 31.1. The predicted octanol–water partition coefficient (Wildman–Crippen LogP) is 1.05. The van der Waals surface area contributed by atoms with Gasteiger partial charge in [0, 0.05) is 39.3 Å². The molecule has 0 aromatic heterocycles. The lowest BCUT2D eigenvalue weighted by atomic mass is 10.2. The highest BCUT2D eigenvalue weighted by Gasteiger charge is 2.50. The summed E-state index contributed by atoms with van der Waals surface area (Å²) in [6.07, 6.45) is 2.72. The lowest BCUT2D eigenvalue weighted by molar-refractivity contribution is -0.138. The van der Waals surface area contributed by atoms with Crippen LogP contribution in [0.1, 0.15) is 33.1 Å². The summed E-state index contributed by atoms with van der Waals surface area (Å²) >= 11 is 0. The molecule has 1 aliphatic heterocycles. The highest BCUT2D eigenvalue weighted by atomic mass is 16.2. The van der Waals surface area contributed by atoms with Gasteiger partial charge >= 0.3 is 0 Å². The molecule has 2 unspecified atom stereocenters. The summed E-state index contributed by atoms with van der Waals surface area (Å²) in [5.41, 5.74) is 0. The second kappa shape index (κ2) is 7.25. The Kier molecular flexibility index (Phi) is 5.62. The largest absolute Gasteiger partial charge is 0.342 e. The lowest BCUT2D eigenvalue weighted by Gasteiger charge is -2.32. The maximum atomic E-state index is 12.5. The van der Waals surface area contributed by atoms with E-state index in [-0.39, 0.29) is 23.7 Å². The van der Waals surface area contributed by atoms with Crippen LogP contribution in [0.4, 0.5) is 0 Å². The summed E-state index contributed by atoms with van der Waals surface area (Å²) in [6.45, 7) is 9.31. The van der Waals surface area contributed by atoms with Gasteiger partial charge in [0.25, 0.3) is 0 Å². The van der Waals surface area contributed by atoms with Crippen LogP contribution in [0, 0.1) is 11.8 Å². The molecule has 0 spiro atoms. The zero-order chi connectivity index (χ0) is 15.4. The Morgan fingerprint density at radius 3 is 2.10 bits per heavy atom. The SMILES string of the molecule is CCCN(CCC)C(=O)C1CC1C(=O)N1CCN(C)CC1. The molecule has 2 atom stereocenters. The summed E-state index contributed by atoms with van der Waals surface area (Å²) in [7, 11) is 2.08. The van der Waals surface area contributed by atoms with E-state index in [4.69, 9.17) is 0 Å². The topological polar surface area (TPSA) is 43.9 Å². The number of hydrogen-bond acceptors (Lipinski definition) is 3. The van der Waals surface area contributed by atoms with Gasteiger partial charge in [-0.05, 0) is 26.3 Å². The Morgan fingerprint density at radius 2 is 1.57 bits per heavy atom. The van der Waals surface area contributed by atoms with Crippen LogP contribution in [-0.4, -0.2) is 72.8 Å². The Labute approximate surface area is 128 Å². The van der Waals surface area contributed by atoms with Gasteiger partial charge in [-0.15, -0.1) is 0 Å². The van der Waals surface area contributed by atoms with E-state index < -0.39 is 0 Å². The smallest absolute Gasteiger partial charge is 0.226 e. The minimum atomic E-state index is -0.0461. The average Bonchev–Trinajstić information content (AvgIpc) is 3.27. The van der Waals surface area contributed by atoms with E-state index in [2.05, 4.69) is 25.8 Å². The van der Waals surface area contributed by atoms with Crippen LogP contribution >= 0.6 is 0 Å². The van der Waals surface area contributed by atoms with Crippen molar-refractivity contribution in [1.29, 1.82) is 0 Å². The summed E-state index contributed by atoms with van der Waals surface area (Å²) < 4.78 is 0. The van der Waals surface area contributed by atoms with Crippen molar-refractivity contribution in [3.05, 3.63) is 0 Å². The molecule has 0 aromatic rings. The minimum Gasteiger partial charge on any atom is -0.342 e. The zero-order valence-electron chi connectivity index (χ0n) is 13.7. The Morgan fingerprint density at radius 1 is 1.00 bits per heavy atom. The third-order valence-electron chi connectivity index (χ3n) is 4.54. The van der Waals surface area contributed by atoms with Gasteiger partial charge in [-0.25, -0.2) is 0 Å². The van der Waals surface area contributed by atoms with Gasteiger partial charge in [-0.3, -0.25) is 9.59 Å². The number of amides is 2. The van der Waals surface area contributed by atoms with Crippen LogP contribution in [0.15, 0.2) is 0 Å². The summed E-state index contributed by atoms with van der Waals surface area (Å²) in [6, 6.07) is 0. The van der Waals surface area contributed by atoms with Gasteiger partial charge in [-0.1, -0.05) is 13.8 Å². The van der Waals surface area contributed by atoms with E-state index >= 15 is 0 Å². The zero-order valence-corrected chi connectivity index (χ0v) is 13.7. The fraction of sp³-hybridized carbons (Fsp3) is 0.875. The van der Waals surface area contributed by atoms with Crippen LogP contribution in [0.3, 0.4) is 0 Å². The van der Waals surface area contributed by atoms with Gasteiger partial charge in [0.05, 0.1) is 11.8 Å². The second-order valence-corrected chi connectivity index (χ2v) is 6.40. The Balaban J connectivity index is 1.85. The van der Waals surface area contributed by atoms with E-state index in [0.29, 0.717) is 0 Å². The maximum Gasteiger partial charge on any atom is 0.226 e. The van der Waals surface area contributed by atoms with E-state index in [1.54, 1.807) is 0 Å². The molecule has 2 fully saturated rings. The number of nitrogens with zero attached hydrogens (tertiary/aromatic N) is 3. The molecular weight excluding hydrogens is 266 g/mol. The fourth-order valence-corrected chi connectivity index (χ4v) is 3.11. The van der Waals surface area contributed by atoms with Crippen molar-refractivity contribution in [1.82, 2.24) is 14.7 Å². The molecule has 5 nitrogen and oxygen atoms in total. The molecule has 0 aromatic carbocycles. The number of carbonyl (C=O) groups is 2. The van der Waals surface area contributed by atoms with Crippen molar-refractivity contribution < 1.29 is 9.59 Å². The number of likely N-dealkylation sites (N-methyl/N-ethyl adjacent to an activating group) is 1. The van der Waals surface area contributed by atoms with E-state index in [9.17, 15) is 9.59 Å². The van der Waals surface area contributed by atoms with E-state index in [0.717, 1.165) is 58.5 Å². The monoisotopic (exact) mass is 295 g/mol. The molecule has 5 heteroatoms. The first kappa shape index (κ1) is 16.3. The quantitative estimate of drug-likeness (QED) is 0.735. The van der Waals surface area contributed by atoms with Crippen LogP contribution in [-0.2, 0) is 9.59 Å². The molecule has 1 aliphatic carbocycles. The lowest BCUT2D eigenvalue weighted by Crippen LogP contribution is -2.48. The molecule has 1 heterocycles. The first-order valence-corrected chi connectivity index (χ1v) is 8.34. The predicted molar refractivity (Wildman–Crippen MR) is 82.8 cm³/mol. The van der Waals surface area contributed by atoms with Crippen LogP contribution in [0.25, 0.3) is 0 Å². The van der Waals surface area contributed by atoms with Crippen molar-refractivity contribution in [2.45, 2.75) is 33.1 Å². The van der Waals surface area contributed by atoms with Crippen LogP contribution < -0.4 is 0 Å². The van der Waals surface area contributed by atoms with Crippen molar-refractivity contribution in [2.24, 2.45) is 11.8 Å². The van der Waals surface area contributed by atoms with Gasteiger partial charge in [0.1, 0.15) is 0 Å². The molecule has 1 saturated heterocycles. The number of piperazine rings is 1. The summed E-state index contributed by atoms with van der Waals surface area (Å²) in [5, 5.41) is 0. The summed E-state index contributed by atoms with van der Waals surface area (Å²) in [5.74, 6) is 0.313.